The van der Waals surface area contributed by atoms with Crippen LogP contribution in [0.15, 0.2) is 18.2 Å². The lowest BCUT2D eigenvalue weighted by molar-refractivity contribution is 0.108. The normalized spacial score (nSPS) is 12.4. The molecule has 0 aliphatic rings. The Labute approximate surface area is 123 Å². The van der Waals surface area contributed by atoms with Gasteiger partial charge in [0.1, 0.15) is 5.75 Å². The van der Waals surface area contributed by atoms with Gasteiger partial charge >= 0.3 is 0 Å². The number of benzene rings is 1. The van der Waals surface area contributed by atoms with Gasteiger partial charge in [-0.2, -0.15) is 0 Å². The van der Waals surface area contributed by atoms with Gasteiger partial charge in [-0.1, -0.05) is 38.0 Å². The van der Waals surface area contributed by atoms with Crippen molar-refractivity contribution < 1.29 is 9.47 Å². The smallest absolute Gasteiger partial charge is 0.123 e. The molecule has 1 rings (SSSR count). The Kier molecular flexibility index (Phi) is 8.31. The van der Waals surface area contributed by atoms with Crippen LogP contribution in [-0.4, -0.2) is 26.9 Å². The summed E-state index contributed by atoms with van der Waals surface area (Å²) < 4.78 is 11.3. The molecule has 0 aliphatic carbocycles. The molecule has 1 atom stereocenters. The van der Waals surface area contributed by atoms with Crippen LogP contribution in [0.4, 0.5) is 0 Å². The first-order valence-electron chi connectivity index (χ1n) is 7.68. The maximum absolute atomic E-state index is 5.81. The Morgan fingerprint density at radius 2 is 2.00 bits per heavy atom. The number of hydrogen-bond donors (Lipinski definition) is 1. The van der Waals surface area contributed by atoms with Crippen molar-refractivity contribution in [2.24, 2.45) is 0 Å². The lowest BCUT2D eigenvalue weighted by atomic mass is 10.0. The lowest BCUT2D eigenvalue weighted by Crippen LogP contribution is -2.27. The maximum atomic E-state index is 5.81. The summed E-state index contributed by atoms with van der Waals surface area (Å²) in [5.41, 5.74) is 2.44. The molecule has 3 nitrogen and oxygen atoms in total. The fourth-order valence-electron chi connectivity index (χ4n) is 2.15. The van der Waals surface area contributed by atoms with Crippen LogP contribution in [0, 0.1) is 6.92 Å². The van der Waals surface area contributed by atoms with Crippen LogP contribution in [-0.2, 0) is 4.74 Å². The summed E-state index contributed by atoms with van der Waals surface area (Å²) in [5, 5.41) is 3.56. The molecule has 0 spiro atoms. The molecule has 0 aromatic heterocycles. The molecule has 1 unspecified atom stereocenters. The molecule has 0 aliphatic heterocycles. The topological polar surface area (TPSA) is 30.5 Å². The summed E-state index contributed by atoms with van der Waals surface area (Å²) in [4.78, 5) is 0. The van der Waals surface area contributed by atoms with Crippen molar-refractivity contribution in [2.75, 3.05) is 26.9 Å². The Hall–Kier alpha value is -1.06. The highest BCUT2D eigenvalue weighted by Crippen LogP contribution is 2.26. The minimum atomic E-state index is 0.196. The van der Waals surface area contributed by atoms with E-state index in [0.29, 0.717) is 6.61 Å². The van der Waals surface area contributed by atoms with E-state index in [1.165, 1.54) is 17.5 Å². The molecule has 0 radical (unpaired) electrons. The van der Waals surface area contributed by atoms with Crippen molar-refractivity contribution in [3.8, 4) is 5.75 Å². The van der Waals surface area contributed by atoms with E-state index >= 15 is 0 Å². The van der Waals surface area contributed by atoms with Crippen LogP contribution in [0.3, 0.4) is 0 Å². The number of rotatable bonds is 10. The van der Waals surface area contributed by atoms with Crippen LogP contribution in [0.1, 0.15) is 50.3 Å². The minimum Gasteiger partial charge on any atom is -0.496 e. The SMILES string of the molecule is CCCCOCC(NCCC)c1cc(C)ccc1OC. The van der Waals surface area contributed by atoms with Crippen molar-refractivity contribution in [1.29, 1.82) is 0 Å². The summed E-state index contributed by atoms with van der Waals surface area (Å²) in [5.74, 6) is 0.934. The third kappa shape index (κ3) is 5.51. The third-order valence-electron chi connectivity index (χ3n) is 3.33. The third-order valence-corrected chi connectivity index (χ3v) is 3.33. The van der Waals surface area contributed by atoms with Gasteiger partial charge in [0.2, 0.25) is 0 Å². The zero-order chi connectivity index (χ0) is 14.8. The number of unbranched alkanes of at least 4 members (excludes halogenated alkanes) is 1. The van der Waals surface area contributed by atoms with E-state index in [-0.39, 0.29) is 6.04 Å². The number of hydrogen-bond acceptors (Lipinski definition) is 3. The second kappa shape index (κ2) is 9.78. The van der Waals surface area contributed by atoms with E-state index in [2.05, 4.69) is 38.2 Å². The Balaban J connectivity index is 2.77. The monoisotopic (exact) mass is 279 g/mol. The zero-order valence-electron chi connectivity index (χ0n) is 13.4. The fraction of sp³-hybridized carbons (Fsp3) is 0.647. The predicted molar refractivity (Wildman–Crippen MR) is 84.5 cm³/mol. The number of ether oxygens (including phenoxy) is 2. The molecule has 0 bridgehead atoms. The van der Waals surface area contributed by atoms with Crippen molar-refractivity contribution in [2.45, 2.75) is 46.1 Å². The molecule has 0 heterocycles. The minimum absolute atomic E-state index is 0.196. The highest BCUT2D eigenvalue weighted by Gasteiger charge is 2.16. The number of aryl methyl sites for hydroxylation is 1. The van der Waals surface area contributed by atoms with Gasteiger partial charge in [-0.15, -0.1) is 0 Å². The van der Waals surface area contributed by atoms with Gasteiger partial charge in [0.05, 0.1) is 19.8 Å². The van der Waals surface area contributed by atoms with Crippen LogP contribution in [0.2, 0.25) is 0 Å². The Bertz CT molecular complexity index is 379. The quantitative estimate of drug-likeness (QED) is 0.660. The second-order valence-corrected chi connectivity index (χ2v) is 5.18. The van der Waals surface area contributed by atoms with Gasteiger partial charge in [-0.25, -0.2) is 0 Å². The standard InChI is InChI=1S/C17H29NO2/c1-5-7-11-20-13-16(18-10-6-2)15-12-14(3)8-9-17(15)19-4/h8-9,12,16,18H,5-7,10-11,13H2,1-4H3. The van der Waals surface area contributed by atoms with Crippen molar-refractivity contribution in [3.63, 3.8) is 0 Å². The van der Waals surface area contributed by atoms with Crippen molar-refractivity contribution in [3.05, 3.63) is 29.3 Å². The van der Waals surface area contributed by atoms with Gasteiger partial charge in [-0.05, 0) is 32.4 Å². The highest BCUT2D eigenvalue weighted by molar-refractivity contribution is 5.39. The van der Waals surface area contributed by atoms with E-state index in [9.17, 15) is 0 Å². The van der Waals surface area contributed by atoms with E-state index in [1.807, 2.05) is 6.07 Å². The van der Waals surface area contributed by atoms with Gasteiger partial charge in [-0.3, -0.25) is 0 Å². The molecule has 0 fully saturated rings. The molecule has 0 saturated heterocycles. The molecule has 3 heteroatoms. The molecule has 0 amide bonds. The highest BCUT2D eigenvalue weighted by atomic mass is 16.5. The first kappa shape index (κ1) is 17.0. The first-order valence-corrected chi connectivity index (χ1v) is 7.68. The van der Waals surface area contributed by atoms with Gasteiger partial charge in [0.25, 0.3) is 0 Å². The van der Waals surface area contributed by atoms with E-state index < -0.39 is 0 Å². The molecule has 0 saturated carbocycles. The zero-order valence-corrected chi connectivity index (χ0v) is 13.4. The number of methoxy groups -OCH3 is 1. The molecule has 20 heavy (non-hydrogen) atoms. The molecular weight excluding hydrogens is 250 g/mol. The molecule has 1 aromatic carbocycles. The van der Waals surface area contributed by atoms with Crippen LogP contribution in [0.25, 0.3) is 0 Å². The number of nitrogens with one attached hydrogen (secondary N) is 1. The van der Waals surface area contributed by atoms with Crippen LogP contribution < -0.4 is 10.1 Å². The van der Waals surface area contributed by atoms with E-state index in [0.717, 1.165) is 31.7 Å². The molecular formula is C17H29NO2. The molecule has 1 N–H and O–H groups in total. The molecule has 1 aromatic rings. The van der Waals surface area contributed by atoms with Gasteiger partial charge in [0.15, 0.2) is 0 Å². The van der Waals surface area contributed by atoms with Gasteiger partial charge < -0.3 is 14.8 Å². The van der Waals surface area contributed by atoms with Gasteiger partial charge in [0, 0.05) is 12.2 Å². The summed E-state index contributed by atoms with van der Waals surface area (Å²) in [6, 6.07) is 6.51. The first-order chi connectivity index (χ1) is 9.72. The molecule has 114 valence electrons. The van der Waals surface area contributed by atoms with Crippen LogP contribution in [0.5, 0.6) is 5.75 Å². The second-order valence-electron chi connectivity index (χ2n) is 5.18. The summed E-state index contributed by atoms with van der Waals surface area (Å²) in [6.45, 7) is 8.97. The van der Waals surface area contributed by atoms with E-state index in [1.54, 1.807) is 7.11 Å². The largest absolute Gasteiger partial charge is 0.496 e. The fourth-order valence-corrected chi connectivity index (χ4v) is 2.15. The predicted octanol–water partition coefficient (Wildman–Crippen LogP) is 3.86. The van der Waals surface area contributed by atoms with Crippen molar-refractivity contribution in [1.82, 2.24) is 5.32 Å². The van der Waals surface area contributed by atoms with Crippen molar-refractivity contribution >= 4 is 0 Å². The van der Waals surface area contributed by atoms with Crippen LogP contribution >= 0.6 is 0 Å². The summed E-state index contributed by atoms with van der Waals surface area (Å²) in [6.07, 6.45) is 3.39. The maximum Gasteiger partial charge on any atom is 0.123 e. The average Bonchev–Trinajstić information content (AvgIpc) is 2.46. The van der Waals surface area contributed by atoms with E-state index in [4.69, 9.17) is 9.47 Å². The summed E-state index contributed by atoms with van der Waals surface area (Å²) in [7, 11) is 1.73. The summed E-state index contributed by atoms with van der Waals surface area (Å²) >= 11 is 0. The Morgan fingerprint density at radius 3 is 2.65 bits per heavy atom. The Morgan fingerprint density at radius 1 is 1.20 bits per heavy atom. The lowest BCUT2D eigenvalue weighted by Gasteiger charge is -2.22. The average molecular weight is 279 g/mol.